The van der Waals surface area contributed by atoms with Gasteiger partial charge in [0.2, 0.25) is 0 Å². The lowest BCUT2D eigenvalue weighted by atomic mass is 10.1. The average molecular weight is 1450 g/mol. The van der Waals surface area contributed by atoms with E-state index in [0.717, 1.165) is 87.5 Å². The number of aliphatic imine (C=N–C) groups is 1. The zero-order valence-corrected chi connectivity index (χ0v) is 57.5. The van der Waals surface area contributed by atoms with Crippen molar-refractivity contribution in [2.24, 2.45) is 4.99 Å². The highest BCUT2D eigenvalue weighted by atomic mass is 35.5. The molecule has 6 heterocycles. The molecule has 27 heteroatoms. The van der Waals surface area contributed by atoms with Gasteiger partial charge in [-0.1, -0.05) is 106 Å². The van der Waals surface area contributed by atoms with Crippen LogP contribution >= 0.6 is 69.6 Å². The Hall–Kier alpha value is -10.3. The van der Waals surface area contributed by atoms with Crippen LogP contribution in [-0.2, 0) is 0 Å². The molecule has 3 aliphatic heterocycles. The molecular weight excluding hydrogens is 1380 g/mol. The number of pyridine rings is 3. The number of nitrogens with one attached hydrogen (secondary N) is 8. The summed E-state index contributed by atoms with van der Waals surface area (Å²) in [6.45, 7) is 5.18. The van der Waals surface area contributed by atoms with Crippen LogP contribution in [0, 0.1) is 10.8 Å². The van der Waals surface area contributed by atoms with Crippen molar-refractivity contribution in [3.63, 3.8) is 0 Å². The number of hydrogen-bond acceptors (Lipinski definition) is 13. The lowest BCUT2D eigenvalue weighted by molar-refractivity contribution is 0.101. The zero-order valence-electron chi connectivity index (χ0n) is 52.9. The predicted molar refractivity (Wildman–Crippen MR) is 393 cm³/mol. The normalized spacial score (nSPS) is 13.1. The summed E-state index contributed by atoms with van der Waals surface area (Å²) in [4.78, 5) is 99.8. The van der Waals surface area contributed by atoms with Gasteiger partial charge in [0.05, 0.1) is 55.4 Å². The molecule has 12 rings (SSSR count). The van der Waals surface area contributed by atoms with Crippen LogP contribution < -0.4 is 31.9 Å². The van der Waals surface area contributed by atoms with Crippen molar-refractivity contribution in [2.75, 3.05) is 78.2 Å². The highest BCUT2D eigenvalue weighted by Gasteiger charge is 2.23. The van der Waals surface area contributed by atoms with Gasteiger partial charge in [0, 0.05) is 107 Å². The van der Waals surface area contributed by atoms with Crippen molar-refractivity contribution in [3.8, 4) is 0 Å². The van der Waals surface area contributed by atoms with E-state index in [1.165, 1.54) is 43.2 Å². The largest absolute Gasteiger partial charge is 0.358 e. The molecule has 2 fully saturated rings. The molecular formula is C72H63Cl6N15O6. The summed E-state index contributed by atoms with van der Waals surface area (Å²) < 4.78 is 0. The van der Waals surface area contributed by atoms with E-state index < -0.39 is 17.7 Å². The maximum absolute atomic E-state index is 12.9. The standard InChI is InChI=1S/C25H23Cl2N5O2.C24H21Cl2N5O2.C23H19Cl2N5O2/c26-18-8-10-21(20(14-18)25(34)31-22-11-9-19(27)15-29-22)30-24(33)17-6-4-16(5-7-17)23(28)32-12-2-1-3-13-32;25-17-7-9-20(19(13-17)24(33)30-21-10-8-18(26)14-28-21)29-23(32)16-5-3-15(4-6-16)22(27)31-11-1-2-12-31;1-30-11-10-26-21(30)14-2-4-15(5-3-14)22(31)28-19-8-6-16(24)12-18(19)23(32)29-20-9-7-17(25)13-27-20/h4-11,14-15,28H,1-3,12-13H2,(H,30,33)(H,29,31,34);3-10,13-14,27H,1-2,11-12H2,(H,29,32)(H,28,30,33);2-9,12-13H,10-11H2,1H3,(H,28,31)(H,27,29,32). The van der Waals surface area contributed by atoms with Gasteiger partial charge in [-0.2, -0.15) is 0 Å². The molecule has 21 nitrogen and oxygen atoms in total. The van der Waals surface area contributed by atoms with Crippen molar-refractivity contribution < 1.29 is 28.8 Å². The molecule has 0 saturated carbocycles. The van der Waals surface area contributed by atoms with E-state index in [-0.39, 0.29) is 34.4 Å². The van der Waals surface area contributed by atoms with Crippen LogP contribution in [-0.4, -0.2) is 129 Å². The van der Waals surface area contributed by atoms with Crippen LogP contribution in [0.3, 0.4) is 0 Å². The molecule has 504 valence electrons. The van der Waals surface area contributed by atoms with Crippen LogP contribution in [0.15, 0.2) is 187 Å². The number of anilines is 6. The molecule has 0 radical (unpaired) electrons. The van der Waals surface area contributed by atoms with Crippen LogP contribution in [0.4, 0.5) is 34.5 Å². The summed E-state index contributed by atoms with van der Waals surface area (Å²) in [7, 11) is 1.99. The highest BCUT2D eigenvalue weighted by molar-refractivity contribution is 6.33. The van der Waals surface area contributed by atoms with E-state index in [1.807, 2.05) is 24.1 Å². The van der Waals surface area contributed by atoms with Crippen LogP contribution in [0.25, 0.3) is 0 Å². The summed E-state index contributed by atoms with van der Waals surface area (Å²) in [5.74, 6) is 0.287. The van der Waals surface area contributed by atoms with Crippen molar-refractivity contribution in [3.05, 3.63) is 263 Å². The molecule has 0 spiro atoms. The van der Waals surface area contributed by atoms with Gasteiger partial charge in [-0.3, -0.25) is 44.6 Å². The number of amides is 6. The van der Waals surface area contributed by atoms with Gasteiger partial charge in [-0.05, 0) is 159 Å². The maximum atomic E-state index is 12.9. The van der Waals surface area contributed by atoms with Gasteiger partial charge in [0.25, 0.3) is 35.4 Å². The first-order valence-corrected chi connectivity index (χ1v) is 33.3. The third kappa shape index (κ3) is 19.5. The Morgan fingerprint density at radius 2 is 0.657 bits per heavy atom. The fourth-order valence-electron chi connectivity index (χ4n) is 10.5. The first-order chi connectivity index (χ1) is 47.7. The molecule has 3 aliphatic rings. The fraction of sp³-hybridized carbons (Fsp3) is 0.167. The molecule has 6 aromatic carbocycles. The summed E-state index contributed by atoms with van der Waals surface area (Å²) in [6, 6.07) is 44.5. The van der Waals surface area contributed by atoms with Crippen molar-refractivity contribution in [2.45, 2.75) is 32.1 Å². The molecule has 0 atom stereocenters. The molecule has 2 saturated heterocycles. The van der Waals surface area contributed by atoms with Gasteiger partial charge < -0.3 is 46.6 Å². The summed E-state index contributed by atoms with van der Waals surface area (Å²) in [6.07, 6.45) is 9.83. The number of halogens is 6. The molecule has 8 N–H and O–H groups in total. The number of rotatable bonds is 15. The van der Waals surface area contributed by atoms with E-state index in [1.54, 1.807) is 133 Å². The predicted octanol–water partition coefficient (Wildman–Crippen LogP) is 15.6. The molecule has 0 unspecified atom stereocenters. The van der Waals surface area contributed by atoms with E-state index in [4.69, 9.17) is 80.4 Å². The van der Waals surface area contributed by atoms with Gasteiger partial charge >= 0.3 is 0 Å². The van der Waals surface area contributed by atoms with Gasteiger partial charge in [-0.25, -0.2) is 15.0 Å². The molecule has 9 aromatic rings. The third-order valence-electron chi connectivity index (χ3n) is 15.7. The number of hydrogen-bond donors (Lipinski definition) is 8. The molecule has 0 aliphatic carbocycles. The number of carbonyl (C=O) groups excluding carboxylic acids is 6. The highest BCUT2D eigenvalue weighted by Crippen LogP contribution is 2.28. The second-order valence-electron chi connectivity index (χ2n) is 22.7. The van der Waals surface area contributed by atoms with Crippen molar-refractivity contribution in [1.82, 2.24) is 29.7 Å². The second-order valence-corrected chi connectivity index (χ2v) is 25.3. The number of benzene rings is 6. The minimum atomic E-state index is -0.475. The van der Waals surface area contributed by atoms with Crippen LogP contribution in [0.5, 0.6) is 0 Å². The van der Waals surface area contributed by atoms with E-state index in [0.29, 0.717) is 93.0 Å². The molecule has 99 heavy (non-hydrogen) atoms. The van der Waals surface area contributed by atoms with E-state index >= 15 is 0 Å². The number of likely N-dealkylation sites (tertiary alicyclic amines) is 2. The molecule has 0 bridgehead atoms. The quantitative estimate of drug-likeness (QED) is 0.0351. The van der Waals surface area contributed by atoms with E-state index in [9.17, 15) is 28.8 Å². The van der Waals surface area contributed by atoms with Crippen LogP contribution in [0.2, 0.25) is 30.1 Å². The maximum Gasteiger partial charge on any atom is 0.258 e. The lowest BCUT2D eigenvalue weighted by Gasteiger charge is -2.29. The number of aromatic nitrogens is 3. The van der Waals surface area contributed by atoms with E-state index in [2.05, 4.69) is 61.6 Å². The van der Waals surface area contributed by atoms with Gasteiger partial charge in [0.15, 0.2) is 0 Å². The summed E-state index contributed by atoms with van der Waals surface area (Å²) >= 11 is 35.8. The first-order valence-electron chi connectivity index (χ1n) is 31.1. The average Bonchev–Trinajstić information content (AvgIpc) is 1.81. The molecule has 3 aromatic heterocycles. The minimum Gasteiger partial charge on any atom is -0.358 e. The third-order valence-corrected chi connectivity index (χ3v) is 17.1. The lowest BCUT2D eigenvalue weighted by Crippen LogP contribution is -2.35. The zero-order chi connectivity index (χ0) is 70.1. The van der Waals surface area contributed by atoms with Gasteiger partial charge in [-0.15, -0.1) is 0 Å². The summed E-state index contributed by atoms with van der Waals surface area (Å²) in [5, 5.41) is 35.5. The van der Waals surface area contributed by atoms with Crippen molar-refractivity contribution in [1.29, 1.82) is 10.8 Å². The number of likely N-dealkylation sites (N-methyl/N-ethyl adjacent to an activating group) is 1. The Morgan fingerprint density at radius 3 is 0.960 bits per heavy atom. The Morgan fingerprint density at radius 1 is 0.354 bits per heavy atom. The second kappa shape index (κ2) is 33.8. The smallest absolute Gasteiger partial charge is 0.258 e. The molecule has 6 amide bonds. The number of carbonyl (C=O) groups is 6. The monoisotopic (exact) mass is 1440 g/mol. The number of nitrogens with zero attached hydrogens (tertiary/aromatic N) is 7. The Bertz CT molecular complexity index is 4500. The minimum absolute atomic E-state index is 0.194. The summed E-state index contributed by atoms with van der Waals surface area (Å²) in [5.41, 5.74) is 5.30. The Labute approximate surface area is 600 Å². The Balaban J connectivity index is 0.000000161. The number of amidine groups is 3. The fourth-order valence-corrected chi connectivity index (χ4v) is 11.4. The number of piperidine rings is 1. The van der Waals surface area contributed by atoms with Crippen molar-refractivity contribution >= 4 is 157 Å². The SMILES string of the molecule is CN1CCN=C1c1ccc(C(=O)Nc2ccc(Cl)cc2C(=O)Nc2ccc(Cl)cn2)cc1.N=C(c1ccc(C(=O)Nc2ccc(Cl)cc2C(=O)Nc2ccc(Cl)cn2)cc1)N1CCCC1.N=C(c1ccc(C(=O)Nc2ccc(Cl)cc2C(=O)Nc2ccc(Cl)cn2)cc1)N1CCCCC1. The Kier molecular flexibility index (Phi) is 24.4. The van der Waals surface area contributed by atoms with Crippen LogP contribution in [0.1, 0.15) is 111 Å². The first kappa shape index (κ1) is 71.5. The topological polar surface area (TPSA) is 283 Å². The van der Waals surface area contributed by atoms with Gasteiger partial charge in [0.1, 0.15) is 35.0 Å².